The van der Waals surface area contributed by atoms with Gasteiger partial charge in [0.05, 0.1) is 19.1 Å². The summed E-state index contributed by atoms with van der Waals surface area (Å²) >= 11 is 0. The van der Waals surface area contributed by atoms with Gasteiger partial charge in [0.1, 0.15) is 0 Å². The number of hydrogen-bond acceptors (Lipinski definition) is 3. The van der Waals surface area contributed by atoms with Crippen molar-refractivity contribution < 1.29 is 14.3 Å². The molecule has 0 bridgehead atoms. The van der Waals surface area contributed by atoms with Crippen molar-refractivity contribution in [3.8, 4) is 0 Å². The fourth-order valence-electron chi connectivity index (χ4n) is 4.29. The van der Waals surface area contributed by atoms with Gasteiger partial charge in [-0.3, -0.25) is 9.59 Å². The summed E-state index contributed by atoms with van der Waals surface area (Å²) in [6.45, 7) is 4.10. The van der Waals surface area contributed by atoms with Crippen LogP contribution in [-0.2, 0) is 14.3 Å². The maximum absolute atomic E-state index is 13.2. The van der Waals surface area contributed by atoms with Crippen LogP contribution in [0.25, 0.3) is 0 Å². The molecule has 1 saturated carbocycles. The summed E-state index contributed by atoms with van der Waals surface area (Å²) in [5, 5.41) is 0. The van der Waals surface area contributed by atoms with Crippen LogP contribution in [0.15, 0.2) is 30.3 Å². The summed E-state index contributed by atoms with van der Waals surface area (Å²) in [6, 6.07) is 10.2. The highest BCUT2D eigenvalue weighted by Gasteiger charge is 2.40. The molecule has 3 aliphatic rings. The molecule has 4 rings (SSSR count). The molecule has 26 heavy (non-hydrogen) atoms. The molecule has 1 aliphatic carbocycles. The third-order valence-corrected chi connectivity index (χ3v) is 6.00. The normalized spacial score (nSPS) is 22.9. The van der Waals surface area contributed by atoms with E-state index in [9.17, 15) is 9.59 Å². The minimum absolute atomic E-state index is 0.00250. The molecule has 1 aromatic carbocycles. The number of carbonyl (C=O) groups is 2. The maximum Gasteiger partial charge on any atom is 0.230 e. The first kappa shape index (κ1) is 17.5. The van der Waals surface area contributed by atoms with Gasteiger partial charge in [0, 0.05) is 32.1 Å². The molecule has 2 saturated heterocycles. The van der Waals surface area contributed by atoms with Crippen molar-refractivity contribution in [3.63, 3.8) is 0 Å². The molecule has 1 aromatic rings. The predicted octanol–water partition coefficient (Wildman–Crippen LogP) is 2.28. The van der Waals surface area contributed by atoms with Gasteiger partial charge in [-0.15, -0.1) is 0 Å². The lowest BCUT2D eigenvalue weighted by Gasteiger charge is -2.36. The minimum atomic E-state index is 0.00250. The summed E-state index contributed by atoms with van der Waals surface area (Å²) in [6.07, 6.45) is 3.87. The molecule has 0 unspecified atom stereocenters. The summed E-state index contributed by atoms with van der Waals surface area (Å²) < 4.78 is 5.34. The molecule has 3 fully saturated rings. The predicted molar refractivity (Wildman–Crippen MR) is 98.6 cm³/mol. The van der Waals surface area contributed by atoms with E-state index >= 15 is 0 Å². The van der Waals surface area contributed by atoms with E-state index in [-0.39, 0.29) is 23.7 Å². The first-order valence-electron chi connectivity index (χ1n) is 9.94. The Morgan fingerprint density at radius 1 is 0.885 bits per heavy atom. The fraction of sp³-hybridized carbons (Fsp3) is 0.619. The first-order valence-corrected chi connectivity index (χ1v) is 9.94. The largest absolute Gasteiger partial charge is 0.378 e. The smallest absolute Gasteiger partial charge is 0.230 e. The van der Waals surface area contributed by atoms with E-state index in [0.717, 1.165) is 31.2 Å². The van der Waals surface area contributed by atoms with Crippen molar-refractivity contribution in [2.24, 2.45) is 11.8 Å². The number of carbonyl (C=O) groups excluding carboxylic acids is 2. The monoisotopic (exact) mass is 356 g/mol. The Balaban J connectivity index is 1.36. The van der Waals surface area contributed by atoms with Crippen molar-refractivity contribution in [1.82, 2.24) is 9.80 Å². The maximum atomic E-state index is 13.2. The molecule has 2 aliphatic heterocycles. The van der Waals surface area contributed by atoms with Gasteiger partial charge in [-0.05, 0) is 37.2 Å². The zero-order valence-corrected chi connectivity index (χ0v) is 15.3. The fourth-order valence-corrected chi connectivity index (χ4v) is 4.29. The van der Waals surface area contributed by atoms with Gasteiger partial charge in [-0.2, -0.15) is 0 Å². The second-order valence-electron chi connectivity index (χ2n) is 7.76. The van der Waals surface area contributed by atoms with Crippen LogP contribution in [0, 0.1) is 11.8 Å². The Hall–Kier alpha value is -1.88. The van der Waals surface area contributed by atoms with Crippen LogP contribution in [0.1, 0.15) is 37.2 Å². The lowest BCUT2D eigenvalue weighted by molar-refractivity contribution is -0.144. The minimum Gasteiger partial charge on any atom is -0.378 e. The number of amides is 2. The summed E-state index contributed by atoms with van der Waals surface area (Å²) in [5.41, 5.74) is 1.14. The van der Waals surface area contributed by atoms with Crippen LogP contribution in [0.2, 0.25) is 0 Å². The molecule has 1 atom stereocenters. The molecule has 2 amide bonds. The third-order valence-electron chi connectivity index (χ3n) is 6.00. The van der Waals surface area contributed by atoms with Gasteiger partial charge >= 0.3 is 0 Å². The Morgan fingerprint density at radius 3 is 2.15 bits per heavy atom. The topological polar surface area (TPSA) is 49.9 Å². The van der Waals surface area contributed by atoms with Gasteiger partial charge in [-0.1, -0.05) is 30.3 Å². The van der Waals surface area contributed by atoms with Gasteiger partial charge in [0.2, 0.25) is 11.8 Å². The highest BCUT2D eigenvalue weighted by atomic mass is 16.5. The van der Waals surface area contributed by atoms with Gasteiger partial charge in [0.25, 0.3) is 0 Å². The van der Waals surface area contributed by atoms with E-state index in [1.165, 1.54) is 0 Å². The van der Waals surface area contributed by atoms with Crippen molar-refractivity contribution in [2.75, 3.05) is 39.4 Å². The van der Waals surface area contributed by atoms with Crippen LogP contribution in [-0.4, -0.2) is 61.0 Å². The second-order valence-corrected chi connectivity index (χ2v) is 7.76. The summed E-state index contributed by atoms with van der Waals surface area (Å²) in [4.78, 5) is 29.8. The van der Waals surface area contributed by atoms with Crippen molar-refractivity contribution in [2.45, 2.75) is 31.6 Å². The van der Waals surface area contributed by atoms with Gasteiger partial charge in [0.15, 0.2) is 0 Å². The molecule has 0 radical (unpaired) electrons. The zero-order valence-electron chi connectivity index (χ0n) is 15.3. The van der Waals surface area contributed by atoms with Crippen LogP contribution >= 0.6 is 0 Å². The number of nitrogens with zero attached hydrogens (tertiary/aromatic N) is 2. The number of ether oxygens (including phenoxy) is 1. The SMILES string of the molecule is O=C(C1CCN(C(=O)[C@H](c2ccccc2)C2CC2)CC1)N1CCOCC1. The number of hydrogen-bond donors (Lipinski definition) is 0. The molecule has 2 heterocycles. The van der Waals surface area contributed by atoms with Crippen LogP contribution < -0.4 is 0 Å². The summed E-state index contributed by atoms with van der Waals surface area (Å²) in [7, 11) is 0. The van der Waals surface area contributed by atoms with Gasteiger partial charge < -0.3 is 14.5 Å². The van der Waals surface area contributed by atoms with E-state index in [1.807, 2.05) is 28.0 Å². The lowest BCUT2D eigenvalue weighted by atomic mass is 9.90. The number of piperidine rings is 1. The third kappa shape index (κ3) is 3.78. The second kappa shape index (κ2) is 7.78. The molecule has 0 aromatic heterocycles. The number of likely N-dealkylation sites (tertiary alicyclic amines) is 1. The molecule has 0 N–H and O–H groups in total. The number of rotatable bonds is 4. The van der Waals surface area contributed by atoms with Crippen LogP contribution in [0.4, 0.5) is 0 Å². The Kier molecular flexibility index (Phi) is 5.25. The Morgan fingerprint density at radius 2 is 1.54 bits per heavy atom. The number of benzene rings is 1. The lowest BCUT2D eigenvalue weighted by Crippen LogP contribution is -2.48. The van der Waals surface area contributed by atoms with E-state index in [1.54, 1.807) is 0 Å². The summed E-state index contributed by atoms with van der Waals surface area (Å²) in [5.74, 6) is 1.08. The van der Waals surface area contributed by atoms with E-state index < -0.39 is 0 Å². The van der Waals surface area contributed by atoms with Crippen molar-refractivity contribution >= 4 is 11.8 Å². The quantitative estimate of drug-likeness (QED) is 0.832. The molecule has 0 spiro atoms. The van der Waals surface area contributed by atoms with E-state index in [4.69, 9.17) is 4.74 Å². The van der Waals surface area contributed by atoms with Crippen molar-refractivity contribution in [3.05, 3.63) is 35.9 Å². The average molecular weight is 356 g/mol. The molecular weight excluding hydrogens is 328 g/mol. The molecule has 5 nitrogen and oxygen atoms in total. The Bertz CT molecular complexity index is 630. The molecule has 140 valence electrons. The Labute approximate surface area is 155 Å². The van der Waals surface area contributed by atoms with E-state index in [2.05, 4.69) is 12.1 Å². The van der Waals surface area contributed by atoms with E-state index in [0.29, 0.717) is 45.3 Å². The van der Waals surface area contributed by atoms with Crippen molar-refractivity contribution in [1.29, 1.82) is 0 Å². The highest BCUT2D eigenvalue weighted by molar-refractivity contribution is 5.85. The van der Waals surface area contributed by atoms with Gasteiger partial charge in [-0.25, -0.2) is 0 Å². The number of morpholine rings is 1. The zero-order chi connectivity index (χ0) is 17.9. The molecular formula is C21H28N2O3. The highest BCUT2D eigenvalue weighted by Crippen LogP contribution is 2.44. The van der Waals surface area contributed by atoms with Crippen LogP contribution in [0.5, 0.6) is 0 Å². The average Bonchev–Trinajstić information content (AvgIpc) is 3.54. The first-order chi connectivity index (χ1) is 12.7. The van der Waals surface area contributed by atoms with Crippen LogP contribution in [0.3, 0.4) is 0 Å². The molecule has 5 heteroatoms. The standard InChI is InChI=1S/C21H28N2O3/c24-20(23-12-14-26-15-13-23)18-8-10-22(11-9-18)21(25)19(17-6-7-17)16-4-2-1-3-5-16/h1-5,17-19H,6-15H2/t19-/m1/s1.